The molecule has 1 unspecified atom stereocenters. The summed E-state index contributed by atoms with van der Waals surface area (Å²) >= 11 is 5.81. The zero-order valence-electron chi connectivity index (χ0n) is 15.0. The van der Waals surface area contributed by atoms with Gasteiger partial charge in [0.05, 0.1) is 11.6 Å². The largest absolute Gasteiger partial charge is 0.449 e. The number of aliphatic hydroxyl groups is 1. The van der Waals surface area contributed by atoms with Crippen molar-refractivity contribution in [2.45, 2.75) is 11.8 Å². The van der Waals surface area contributed by atoms with Crippen LogP contribution in [-0.2, 0) is 11.8 Å². The molecule has 0 aliphatic rings. The highest BCUT2D eigenvalue weighted by atomic mass is 35.5. The Morgan fingerprint density at radius 2 is 1.97 bits per heavy atom. The summed E-state index contributed by atoms with van der Waals surface area (Å²) < 4.78 is 45.6. The van der Waals surface area contributed by atoms with E-state index in [9.17, 15) is 27.9 Å². The molecule has 14 heteroatoms. The SMILES string of the molecule is [B]C(O)(c1ccc(=O)[nH]n1)n1cnc(C(F)(F)F)c(Oc2cc(Cl)cc(C#N)c2)c1=O. The first-order valence-electron chi connectivity index (χ1n) is 8.09. The van der Waals surface area contributed by atoms with Gasteiger partial charge in [0, 0.05) is 11.1 Å². The van der Waals surface area contributed by atoms with Gasteiger partial charge >= 0.3 is 6.18 Å². The van der Waals surface area contributed by atoms with Gasteiger partial charge < -0.3 is 9.84 Å². The lowest BCUT2D eigenvalue weighted by molar-refractivity contribution is -0.142. The number of hydrogen-bond acceptors (Lipinski definition) is 7. The maximum absolute atomic E-state index is 13.4. The van der Waals surface area contributed by atoms with Gasteiger partial charge in [0.15, 0.2) is 13.5 Å². The van der Waals surface area contributed by atoms with Gasteiger partial charge in [-0.1, -0.05) is 11.6 Å². The van der Waals surface area contributed by atoms with E-state index in [1.165, 1.54) is 6.07 Å². The van der Waals surface area contributed by atoms with Crippen LogP contribution >= 0.6 is 11.6 Å². The predicted octanol–water partition coefficient (Wildman–Crippen LogP) is 1.48. The number of aromatic amines is 1. The summed E-state index contributed by atoms with van der Waals surface area (Å²) in [7, 11) is 5.69. The van der Waals surface area contributed by atoms with Crippen LogP contribution in [0.1, 0.15) is 17.0 Å². The van der Waals surface area contributed by atoms with Crippen molar-refractivity contribution < 1.29 is 23.0 Å². The highest BCUT2D eigenvalue weighted by Gasteiger charge is 2.40. The molecule has 0 aliphatic carbocycles. The van der Waals surface area contributed by atoms with Crippen molar-refractivity contribution >= 4 is 19.4 Å². The van der Waals surface area contributed by atoms with E-state index in [0.29, 0.717) is 6.33 Å². The number of hydrogen-bond donors (Lipinski definition) is 2. The number of nitrogens with one attached hydrogen (secondary N) is 1. The van der Waals surface area contributed by atoms with Crippen LogP contribution in [0.4, 0.5) is 13.2 Å². The second kappa shape index (κ2) is 7.90. The van der Waals surface area contributed by atoms with E-state index in [0.717, 1.165) is 24.3 Å². The molecule has 2 heterocycles. The fraction of sp³-hybridized carbons (Fsp3) is 0.118. The predicted molar refractivity (Wildman–Crippen MR) is 99.6 cm³/mol. The van der Waals surface area contributed by atoms with Crippen LogP contribution < -0.4 is 15.9 Å². The van der Waals surface area contributed by atoms with Crippen molar-refractivity contribution in [3.05, 3.63) is 79.3 Å². The molecule has 0 spiro atoms. The van der Waals surface area contributed by atoms with E-state index >= 15 is 0 Å². The van der Waals surface area contributed by atoms with Crippen LogP contribution in [0.5, 0.6) is 11.5 Å². The van der Waals surface area contributed by atoms with E-state index < -0.39 is 40.1 Å². The van der Waals surface area contributed by atoms with Crippen LogP contribution in [0.3, 0.4) is 0 Å². The second-order valence-electron chi connectivity index (χ2n) is 6.02. The van der Waals surface area contributed by atoms with Crippen molar-refractivity contribution in [1.29, 1.82) is 5.26 Å². The number of halogens is 4. The molecule has 0 aliphatic heterocycles. The summed E-state index contributed by atoms with van der Waals surface area (Å²) in [6, 6.07) is 6.95. The van der Waals surface area contributed by atoms with Crippen molar-refractivity contribution in [2.24, 2.45) is 0 Å². The standard InChI is InChI=1S/C17H8BClF3N5O4/c18-16(30,11-1-2-12(28)26-25-11)27-7-24-14(17(20,21)22)13(15(27)29)31-10-4-8(6-23)3-9(19)5-10/h1-5,7,30H,(H,26,28). The number of H-pyrrole nitrogens is 1. The number of nitriles is 1. The number of benzene rings is 1. The Labute approximate surface area is 176 Å². The third-order valence-electron chi connectivity index (χ3n) is 3.84. The van der Waals surface area contributed by atoms with Crippen LogP contribution in [0.25, 0.3) is 0 Å². The number of aromatic nitrogens is 4. The van der Waals surface area contributed by atoms with Crippen molar-refractivity contribution in [3.63, 3.8) is 0 Å². The molecule has 1 atom stereocenters. The van der Waals surface area contributed by atoms with Gasteiger partial charge in [0.1, 0.15) is 23.4 Å². The summed E-state index contributed by atoms with van der Waals surface area (Å²) in [6.45, 7) is 0. The number of rotatable bonds is 4. The molecule has 0 saturated heterocycles. The molecule has 0 amide bonds. The first-order chi connectivity index (χ1) is 14.4. The van der Waals surface area contributed by atoms with E-state index in [4.69, 9.17) is 29.4 Å². The summed E-state index contributed by atoms with van der Waals surface area (Å²) in [4.78, 5) is 27.1. The Kier molecular flexibility index (Phi) is 5.62. The molecule has 156 valence electrons. The molecule has 0 fully saturated rings. The average Bonchev–Trinajstić information content (AvgIpc) is 2.68. The minimum absolute atomic E-state index is 0.0420. The maximum Gasteiger partial charge on any atom is 0.437 e. The number of ether oxygens (including phenoxy) is 1. The Balaban J connectivity index is 2.21. The van der Waals surface area contributed by atoms with Crippen LogP contribution in [-0.4, -0.2) is 32.7 Å². The zero-order chi connectivity index (χ0) is 23.0. The Bertz CT molecular complexity index is 1300. The molecular weight excluding hydrogens is 441 g/mol. The lowest BCUT2D eigenvalue weighted by Gasteiger charge is -2.26. The summed E-state index contributed by atoms with van der Waals surface area (Å²) in [6.07, 6.45) is -4.77. The first-order valence-corrected chi connectivity index (χ1v) is 8.46. The molecular formula is C17H8BClF3N5O4. The normalized spacial score (nSPS) is 13.3. The van der Waals surface area contributed by atoms with Gasteiger partial charge in [-0.15, -0.1) is 0 Å². The molecule has 2 aromatic heterocycles. The van der Waals surface area contributed by atoms with Crippen LogP contribution in [0.15, 0.2) is 46.2 Å². The van der Waals surface area contributed by atoms with Gasteiger partial charge in [-0.25, -0.2) is 10.1 Å². The molecule has 2 N–H and O–H groups in total. The molecule has 3 rings (SSSR count). The van der Waals surface area contributed by atoms with Crippen molar-refractivity contribution in [3.8, 4) is 17.6 Å². The number of alkyl halides is 3. The molecule has 9 nitrogen and oxygen atoms in total. The molecule has 3 aromatic rings. The summed E-state index contributed by atoms with van der Waals surface area (Å²) in [5, 5.41) is 24.9. The minimum Gasteiger partial charge on any atom is -0.449 e. The molecule has 31 heavy (non-hydrogen) atoms. The van der Waals surface area contributed by atoms with Gasteiger partial charge in [-0.05, 0) is 24.3 Å². The monoisotopic (exact) mass is 449 g/mol. The minimum atomic E-state index is -5.12. The topological polar surface area (TPSA) is 134 Å². The Hall–Kier alpha value is -3.63. The Morgan fingerprint density at radius 3 is 2.55 bits per heavy atom. The average molecular weight is 450 g/mol. The fourth-order valence-electron chi connectivity index (χ4n) is 2.45. The lowest BCUT2D eigenvalue weighted by Crippen LogP contribution is -2.44. The smallest absolute Gasteiger partial charge is 0.437 e. The fourth-order valence-corrected chi connectivity index (χ4v) is 2.68. The lowest BCUT2D eigenvalue weighted by atomic mass is 9.87. The highest BCUT2D eigenvalue weighted by molar-refractivity contribution is 6.30. The molecule has 2 radical (unpaired) electrons. The van der Waals surface area contributed by atoms with Crippen molar-refractivity contribution in [2.75, 3.05) is 0 Å². The third-order valence-corrected chi connectivity index (χ3v) is 4.06. The third kappa shape index (κ3) is 4.45. The van der Waals surface area contributed by atoms with E-state index in [2.05, 4.69) is 10.1 Å². The van der Waals surface area contributed by atoms with E-state index in [-0.39, 0.29) is 20.9 Å². The quantitative estimate of drug-likeness (QED) is 0.576. The highest BCUT2D eigenvalue weighted by Crippen LogP contribution is 2.35. The van der Waals surface area contributed by atoms with Crippen LogP contribution in [0, 0.1) is 11.3 Å². The van der Waals surface area contributed by atoms with Crippen molar-refractivity contribution in [1.82, 2.24) is 19.7 Å². The molecule has 1 aromatic carbocycles. The summed E-state index contributed by atoms with van der Waals surface area (Å²) in [5.74, 6) is -1.71. The molecule has 0 saturated carbocycles. The molecule has 0 bridgehead atoms. The van der Waals surface area contributed by atoms with Gasteiger partial charge in [-0.2, -0.15) is 23.5 Å². The van der Waals surface area contributed by atoms with Gasteiger partial charge in [0.2, 0.25) is 5.75 Å². The zero-order valence-corrected chi connectivity index (χ0v) is 15.8. The maximum atomic E-state index is 13.4. The van der Waals surface area contributed by atoms with E-state index in [1.807, 2.05) is 5.10 Å². The Morgan fingerprint density at radius 1 is 1.26 bits per heavy atom. The first kappa shape index (κ1) is 22.1. The second-order valence-corrected chi connectivity index (χ2v) is 6.45. The van der Waals surface area contributed by atoms with E-state index in [1.54, 1.807) is 6.07 Å². The van der Waals surface area contributed by atoms with Gasteiger partial charge in [0.25, 0.3) is 11.1 Å². The van der Waals surface area contributed by atoms with Gasteiger partial charge in [-0.3, -0.25) is 14.2 Å². The number of nitrogens with zero attached hydrogens (tertiary/aromatic N) is 4. The van der Waals surface area contributed by atoms with Crippen LogP contribution in [0.2, 0.25) is 5.02 Å². The summed E-state index contributed by atoms with van der Waals surface area (Å²) in [5.41, 5.74) is -7.22.